The van der Waals surface area contributed by atoms with Crippen LogP contribution in [0.25, 0.3) is 6.08 Å². The molecule has 2 rings (SSSR count). The van der Waals surface area contributed by atoms with E-state index in [1.165, 1.54) is 0 Å². The Bertz CT molecular complexity index is 660. The summed E-state index contributed by atoms with van der Waals surface area (Å²) < 4.78 is 6.09. The van der Waals surface area contributed by atoms with E-state index >= 15 is 0 Å². The molecule has 0 spiro atoms. The van der Waals surface area contributed by atoms with Gasteiger partial charge in [0.05, 0.1) is 10.2 Å². The predicted octanol–water partition coefficient (Wildman–Crippen LogP) is 2.82. The van der Waals surface area contributed by atoms with Gasteiger partial charge in [0.25, 0.3) is 5.91 Å². The molecule has 1 aliphatic rings. The lowest BCUT2D eigenvalue weighted by Gasteiger charge is -2.13. The van der Waals surface area contributed by atoms with E-state index in [4.69, 9.17) is 17.0 Å². The van der Waals surface area contributed by atoms with Crippen LogP contribution in [-0.4, -0.2) is 46.1 Å². The number of amides is 1. The van der Waals surface area contributed by atoms with E-state index in [9.17, 15) is 9.90 Å². The molecule has 0 bridgehead atoms. The summed E-state index contributed by atoms with van der Waals surface area (Å²) >= 11 is 7.30. The monoisotopic (exact) mass is 432 g/mol. The summed E-state index contributed by atoms with van der Waals surface area (Å²) in [7, 11) is 1.77. The number of hydrogen-bond donors (Lipinski definition) is 1. The highest BCUT2D eigenvalue weighted by atomic mass is 127. The lowest BCUT2D eigenvalue weighted by Crippen LogP contribution is -2.30. The average molecular weight is 432 g/mol. The first-order chi connectivity index (χ1) is 10.4. The van der Waals surface area contributed by atoms with E-state index < -0.39 is 0 Å². The van der Waals surface area contributed by atoms with Gasteiger partial charge in [0.15, 0.2) is 16.6 Å². The van der Waals surface area contributed by atoms with Crippen LogP contribution in [0.3, 0.4) is 0 Å². The minimum absolute atomic E-state index is 0.112. The number of carbonyl (C=O) groups is 1. The van der Waals surface area contributed by atoms with Gasteiger partial charge in [-0.2, -0.15) is 0 Å². The highest BCUT2D eigenvalue weighted by Gasteiger charge is 2.34. The van der Waals surface area contributed by atoms with Gasteiger partial charge in [0.1, 0.15) is 5.70 Å². The Kier molecular flexibility index (Phi) is 5.28. The Labute approximate surface area is 148 Å². The fourth-order valence-electron chi connectivity index (χ4n) is 2.19. The van der Waals surface area contributed by atoms with Crippen molar-refractivity contribution in [1.82, 2.24) is 9.80 Å². The standard InChI is InChI=1S/C15H17IN2O3S/c1-4-18-14(20)11(17(3)15(18)22)7-9-6-10(16)13(19)12(8-9)21-5-2/h6-8,19H,4-5H2,1-3H3/b11-7-. The molecule has 0 aromatic heterocycles. The van der Waals surface area contributed by atoms with Crippen LogP contribution in [0, 0.1) is 3.57 Å². The number of hydrogen-bond acceptors (Lipinski definition) is 4. The molecule has 1 aromatic carbocycles. The van der Waals surface area contributed by atoms with Crippen LogP contribution in [0.4, 0.5) is 0 Å². The predicted molar refractivity (Wildman–Crippen MR) is 97.7 cm³/mol. The Morgan fingerprint density at radius 2 is 2.09 bits per heavy atom. The molecule has 1 aliphatic heterocycles. The fourth-order valence-corrected chi connectivity index (χ4v) is 3.13. The van der Waals surface area contributed by atoms with Gasteiger partial charge in [-0.3, -0.25) is 9.69 Å². The Morgan fingerprint density at radius 1 is 1.41 bits per heavy atom. The summed E-state index contributed by atoms with van der Waals surface area (Å²) in [5.74, 6) is 0.404. The Hall–Kier alpha value is -1.35. The summed E-state index contributed by atoms with van der Waals surface area (Å²) in [6, 6.07) is 3.51. The first kappa shape index (κ1) is 17.0. The van der Waals surface area contributed by atoms with Crippen molar-refractivity contribution < 1.29 is 14.6 Å². The molecule has 1 fully saturated rings. The third-order valence-electron chi connectivity index (χ3n) is 3.31. The Balaban J connectivity index is 2.45. The smallest absolute Gasteiger partial charge is 0.276 e. The van der Waals surface area contributed by atoms with Crippen molar-refractivity contribution in [2.45, 2.75) is 13.8 Å². The lowest BCUT2D eigenvalue weighted by molar-refractivity contribution is -0.122. The molecule has 1 N–H and O–H groups in total. The summed E-state index contributed by atoms with van der Waals surface area (Å²) in [5.41, 5.74) is 1.29. The topological polar surface area (TPSA) is 53.0 Å². The number of likely N-dealkylation sites (N-methyl/N-ethyl adjacent to an activating group) is 2. The normalized spacial score (nSPS) is 16.8. The van der Waals surface area contributed by atoms with Gasteiger partial charge in [0.2, 0.25) is 0 Å². The number of thiocarbonyl (C=S) groups is 1. The molecule has 7 heteroatoms. The highest BCUT2D eigenvalue weighted by molar-refractivity contribution is 14.1. The zero-order chi connectivity index (χ0) is 16.4. The molecule has 0 unspecified atom stereocenters. The number of carbonyl (C=O) groups excluding carboxylic acids is 1. The molecule has 5 nitrogen and oxygen atoms in total. The third-order valence-corrected chi connectivity index (χ3v) is 4.63. The molecular weight excluding hydrogens is 415 g/mol. The molecule has 118 valence electrons. The maximum Gasteiger partial charge on any atom is 0.276 e. The highest BCUT2D eigenvalue weighted by Crippen LogP contribution is 2.34. The van der Waals surface area contributed by atoms with E-state index in [2.05, 4.69) is 0 Å². The number of ether oxygens (including phenoxy) is 1. The van der Waals surface area contributed by atoms with Crippen molar-refractivity contribution in [3.8, 4) is 11.5 Å². The number of phenolic OH excluding ortho intramolecular Hbond substituents is 1. The van der Waals surface area contributed by atoms with E-state index in [1.54, 1.807) is 35.1 Å². The van der Waals surface area contributed by atoms with E-state index in [-0.39, 0.29) is 11.7 Å². The van der Waals surface area contributed by atoms with Crippen LogP contribution in [0.15, 0.2) is 17.8 Å². The van der Waals surface area contributed by atoms with E-state index in [0.29, 0.717) is 33.3 Å². The molecular formula is C15H17IN2O3S. The van der Waals surface area contributed by atoms with Gasteiger partial charge in [0, 0.05) is 13.6 Å². The zero-order valence-electron chi connectivity index (χ0n) is 12.6. The fraction of sp³-hybridized carbons (Fsp3) is 0.333. The van der Waals surface area contributed by atoms with Crippen molar-refractivity contribution in [1.29, 1.82) is 0 Å². The third kappa shape index (κ3) is 3.05. The quantitative estimate of drug-likeness (QED) is 0.451. The van der Waals surface area contributed by atoms with E-state index in [1.807, 2.05) is 36.4 Å². The van der Waals surface area contributed by atoms with Crippen LogP contribution in [0.1, 0.15) is 19.4 Å². The molecule has 0 saturated carbocycles. The number of phenols is 1. The van der Waals surface area contributed by atoms with Gasteiger partial charge in [-0.25, -0.2) is 0 Å². The molecule has 22 heavy (non-hydrogen) atoms. The van der Waals surface area contributed by atoms with Crippen molar-refractivity contribution >= 4 is 51.9 Å². The van der Waals surface area contributed by atoms with Crippen molar-refractivity contribution in [3.05, 3.63) is 27.0 Å². The van der Waals surface area contributed by atoms with Crippen LogP contribution >= 0.6 is 34.8 Å². The summed E-state index contributed by atoms with van der Waals surface area (Å²) in [6.07, 6.45) is 1.76. The number of rotatable bonds is 4. The van der Waals surface area contributed by atoms with Crippen LogP contribution in [-0.2, 0) is 4.79 Å². The van der Waals surface area contributed by atoms with Gasteiger partial charge in [-0.15, -0.1) is 0 Å². The van der Waals surface area contributed by atoms with Gasteiger partial charge in [-0.1, -0.05) is 0 Å². The number of aromatic hydroxyl groups is 1. The second kappa shape index (κ2) is 6.82. The Morgan fingerprint density at radius 3 is 2.64 bits per heavy atom. The SMILES string of the molecule is CCOc1cc(/C=C2/C(=O)N(CC)C(=S)N2C)cc(I)c1O. The first-order valence-corrected chi connectivity index (χ1v) is 8.35. The molecule has 1 saturated heterocycles. The average Bonchev–Trinajstić information content (AvgIpc) is 2.68. The molecule has 1 aromatic rings. The molecule has 0 aliphatic carbocycles. The van der Waals surface area contributed by atoms with Crippen molar-refractivity contribution in [2.24, 2.45) is 0 Å². The number of halogens is 1. The van der Waals surface area contributed by atoms with Crippen molar-refractivity contribution in [2.75, 3.05) is 20.2 Å². The second-order valence-electron chi connectivity index (χ2n) is 4.70. The first-order valence-electron chi connectivity index (χ1n) is 6.87. The maximum absolute atomic E-state index is 12.4. The van der Waals surface area contributed by atoms with E-state index in [0.717, 1.165) is 5.56 Å². The minimum Gasteiger partial charge on any atom is -0.504 e. The maximum atomic E-state index is 12.4. The second-order valence-corrected chi connectivity index (χ2v) is 6.23. The number of nitrogens with zero attached hydrogens (tertiary/aromatic N) is 2. The van der Waals surface area contributed by atoms with Crippen LogP contribution in [0.2, 0.25) is 0 Å². The summed E-state index contributed by atoms with van der Waals surface area (Å²) in [4.78, 5) is 15.6. The van der Waals surface area contributed by atoms with Crippen LogP contribution in [0.5, 0.6) is 11.5 Å². The largest absolute Gasteiger partial charge is 0.504 e. The summed E-state index contributed by atoms with van der Waals surface area (Å²) in [6.45, 7) is 4.73. The number of benzene rings is 1. The van der Waals surface area contributed by atoms with Crippen LogP contribution < -0.4 is 4.74 Å². The van der Waals surface area contributed by atoms with Gasteiger partial charge < -0.3 is 14.7 Å². The zero-order valence-corrected chi connectivity index (χ0v) is 15.6. The lowest BCUT2D eigenvalue weighted by atomic mass is 10.1. The van der Waals surface area contributed by atoms with Crippen molar-refractivity contribution in [3.63, 3.8) is 0 Å². The molecule has 1 amide bonds. The summed E-state index contributed by atoms with van der Waals surface area (Å²) in [5, 5.41) is 10.5. The van der Waals surface area contributed by atoms with Gasteiger partial charge >= 0.3 is 0 Å². The molecule has 0 atom stereocenters. The molecule has 0 radical (unpaired) electrons. The van der Waals surface area contributed by atoms with Gasteiger partial charge in [-0.05, 0) is 72.4 Å². The minimum atomic E-state index is -0.115. The molecule has 1 heterocycles.